The first-order valence-corrected chi connectivity index (χ1v) is 7.80. The molecule has 0 aliphatic carbocycles. The SMILES string of the molecule is CCCCN/C(C)=C(/Sc1c(F)c(F)c(F)c(F)c1F)C(=O)OC. The van der Waals surface area contributed by atoms with Crippen molar-refractivity contribution in [1.29, 1.82) is 0 Å². The fourth-order valence-corrected chi connectivity index (χ4v) is 2.63. The third kappa shape index (κ3) is 4.40. The summed E-state index contributed by atoms with van der Waals surface area (Å²) in [6, 6.07) is 0. The van der Waals surface area contributed by atoms with Crippen LogP contribution in [-0.2, 0) is 9.53 Å². The molecular formula is C15H16F5NO2S. The van der Waals surface area contributed by atoms with Crippen molar-refractivity contribution in [2.24, 2.45) is 0 Å². The molecule has 1 N–H and O–H groups in total. The van der Waals surface area contributed by atoms with Crippen molar-refractivity contribution >= 4 is 17.7 Å². The summed E-state index contributed by atoms with van der Waals surface area (Å²) < 4.78 is 71.6. The third-order valence-electron chi connectivity index (χ3n) is 3.01. The summed E-state index contributed by atoms with van der Waals surface area (Å²) in [6.07, 6.45) is 1.62. The number of esters is 1. The van der Waals surface area contributed by atoms with Gasteiger partial charge in [0.05, 0.1) is 12.0 Å². The largest absolute Gasteiger partial charge is 0.465 e. The number of nitrogens with one attached hydrogen (secondary N) is 1. The van der Waals surface area contributed by atoms with Crippen molar-refractivity contribution in [3.05, 3.63) is 39.7 Å². The molecule has 0 radical (unpaired) electrons. The first-order valence-electron chi connectivity index (χ1n) is 6.98. The molecule has 134 valence electrons. The van der Waals surface area contributed by atoms with Gasteiger partial charge in [-0.05, 0) is 13.3 Å². The second kappa shape index (κ2) is 8.91. The average Bonchev–Trinajstić information content (AvgIpc) is 2.57. The van der Waals surface area contributed by atoms with Gasteiger partial charge in [0, 0.05) is 12.2 Å². The highest BCUT2D eigenvalue weighted by atomic mass is 32.2. The van der Waals surface area contributed by atoms with E-state index in [9.17, 15) is 26.7 Å². The molecule has 1 rings (SSSR count). The van der Waals surface area contributed by atoms with E-state index in [4.69, 9.17) is 0 Å². The molecule has 0 aliphatic heterocycles. The third-order valence-corrected chi connectivity index (χ3v) is 4.25. The van der Waals surface area contributed by atoms with Crippen molar-refractivity contribution in [3.8, 4) is 0 Å². The van der Waals surface area contributed by atoms with E-state index in [1.807, 2.05) is 6.92 Å². The highest BCUT2D eigenvalue weighted by Gasteiger charge is 2.29. The van der Waals surface area contributed by atoms with Crippen molar-refractivity contribution in [2.75, 3.05) is 13.7 Å². The fourth-order valence-electron chi connectivity index (χ4n) is 1.67. The number of benzene rings is 1. The quantitative estimate of drug-likeness (QED) is 0.148. The highest BCUT2D eigenvalue weighted by molar-refractivity contribution is 8.04. The minimum absolute atomic E-state index is 0.124. The zero-order valence-corrected chi connectivity index (χ0v) is 14.1. The van der Waals surface area contributed by atoms with Crippen molar-refractivity contribution in [2.45, 2.75) is 31.6 Å². The molecule has 0 fully saturated rings. The van der Waals surface area contributed by atoms with Gasteiger partial charge < -0.3 is 10.1 Å². The smallest absolute Gasteiger partial charge is 0.346 e. The Morgan fingerprint density at radius 1 is 1.04 bits per heavy atom. The Hall–Kier alpha value is -1.77. The zero-order valence-electron chi connectivity index (χ0n) is 13.2. The maximum atomic E-state index is 13.8. The second-order valence-electron chi connectivity index (χ2n) is 4.73. The molecule has 0 atom stereocenters. The maximum absolute atomic E-state index is 13.8. The lowest BCUT2D eigenvalue weighted by molar-refractivity contribution is -0.135. The predicted octanol–water partition coefficient (Wildman–Crippen LogP) is 4.27. The van der Waals surface area contributed by atoms with Gasteiger partial charge in [0.25, 0.3) is 0 Å². The fraction of sp³-hybridized carbons (Fsp3) is 0.400. The van der Waals surface area contributed by atoms with Crippen LogP contribution in [-0.4, -0.2) is 19.6 Å². The van der Waals surface area contributed by atoms with Gasteiger partial charge >= 0.3 is 5.97 Å². The van der Waals surface area contributed by atoms with Crippen LogP contribution in [0.25, 0.3) is 0 Å². The van der Waals surface area contributed by atoms with E-state index in [0.717, 1.165) is 20.0 Å². The molecular weight excluding hydrogens is 353 g/mol. The maximum Gasteiger partial charge on any atom is 0.346 e. The van der Waals surface area contributed by atoms with Crippen LogP contribution in [0.3, 0.4) is 0 Å². The summed E-state index contributed by atoms with van der Waals surface area (Å²) in [5, 5.41) is 2.85. The van der Waals surface area contributed by atoms with E-state index < -0.39 is 40.0 Å². The molecule has 9 heteroatoms. The van der Waals surface area contributed by atoms with Gasteiger partial charge in [0.2, 0.25) is 5.82 Å². The Bertz CT molecular complexity index is 635. The molecule has 0 bridgehead atoms. The van der Waals surface area contributed by atoms with Gasteiger partial charge in [-0.15, -0.1) is 0 Å². The lowest BCUT2D eigenvalue weighted by atomic mass is 10.3. The van der Waals surface area contributed by atoms with Crippen molar-refractivity contribution in [1.82, 2.24) is 5.32 Å². The number of allylic oxidation sites excluding steroid dienone is 1. The molecule has 0 unspecified atom stereocenters. The number of ether oxygens (including phenoxy) is 1. The number of carbonyl (C=O) groups excluding carboxylic acids is 1. The molecule has 1 aromatic rings. The van der Waals surface area contributed by atoms with Gasteiger partial charge in [0.15, 0.2) is 23.3 Å². The van der Waals surface area contributed by atoms with E-state index in [1.54, 1.807) is 0 Å². The van der Waals surface area contributed by atoms with E-state index in [0.29, 0.717) is 6.54 Å². The van der Waals surface area contributed by atoms with Crippen LogP contribution in [0.4, 0.5) is 22.0 Å². The van der Waals surface area contributed by atoms with Gasteiger partial charge in [-0.25, -0.2) is 26.7 Å². The Morgan fingerprint density at radius 3 is 2.00 bits per heavy atom. The van der Waals surface area contributed by atoms with Crippen LogP contribution in [0, 0.1) is 29.1 Å². The number of thioether (sulfide) groups is 1. The number of methoxy groups -OCH3 is 1. The van der Waals surface area contributed by atoms with Crippen LogP contribution in [0.5, 0.6) is 0 Å². The number of carbonyl (C=O) groups is 1. The minimum atomic E-state index is -2.25. The van der Waals surface area contributed by atoms with Crippen LogP contribution < -0.4 is 5.32 Å². The van der Waals surface area contributed by atoms with Gasteiger partial charge in [-0.3, -0.25) is 0 Å². The summed E-state index contributed by atoms with van der Waals surface area (Å²) in [7, 11) is 1.04. The van der Waals surface area contributed by atoms with Crippen LogP contribution in [0.2, 0.25) is 0 Å². The summed E-state index contributed by atoms with van der Waals surface area (Å²) >= 11 is 0.124. The summed E-state index contributed by atoms with van der Waals surface area (Å²) in [4.78, 5) is 10.3. The zero-order chi connectivity index (χ0) is 18.4. The number of halogens is 5. The molecule has 0 saturated carbocycles. The Labute approximate surface area is 140 Å². The molecule has 0 heterocycles. The lowest BCUT2D eigenvalue weighted by Gasteiger charge is -2.13. The minimum Gasteiger partial charge on any atom is -0.465 e. The van der Waals surface area contributed by atoms with E-state index in [-0.39, 0.29) is 22.4 Å². The number of hydrogen-bond acceptors (Lipinski definition) is 4. The Morgan fingerprint density at radius 2 is 1.54 bits per heavy atom. The average molecular weight is 369 g/mol. The van der Waals surface area contributed by atoms with E-state index in [2.05, 4.69) is 10.1 Å². The predicted molar refractivity (Wildman–Crippen MR) is 79.7 cm³/mol. The van der Waals surface area contributed by atoms with Gasteiger partial charge in [-0.2, -0.15) is 0 Å². The van der Waals surface area contributed by atoms with Crippen molar-refractivity contribution < 1.29 is 31.5 Å². The highest BCUT2D eigenvalue weighted by Crippen LogP contribution is 2.36. The summed E-state index contributed by atoms with van der Waals surface area (Å²) in [5.74, 6) is -11.4. The molecule has 3 nitrogen and oxygen atoms in total. The molecule has 0 aromatic heterocycles. The van der Waals surface area contributed by atoms with Crippen molar-refractivity contribution in [3.63, 3.8) is 0 Å². The van der Waals surface area contributed by atoms with E-state index in [1.165, 1.54) is 6.92 Å². The lowest BCUT2D eigenvalue weighted by Crippen LogP contribution is -2.18. The number of hydrogen-bond donors (Lipinski definition) is 1. The monoisotopic (exact) mass is 369 g/mol. The molecule has 1 aromatic carbocycles. The van der Waals surface area contributed by atoms with Gasteiger partial charge in [0.1, 0.15) is 4.91 Å². The Kier molecular flexibility index (Phi) is 7.53. The topological polar surface area (TPSA) is 38.3 Å². The normalized spacial score (nSPS) is 12.0. The number of unbranched alkanes of at least 4 members (excludes halogenated alkanes) is 1. The molecule has 0 saturated heterocycles. The van der Waals surface area contributed by atoms with Crippen LogP contribution >= 0.6 is 11.8 Å². The first-order chi connectivity index (χ1) is 11.3. The van der Waals surface area contributed by atoms with Gasteiger partial charge in [-0.1, -0.05) is 25.1 Å². The van der Waals surface area contributed by atoms with Crippen LogP contribution in [0.15, 0.2) is 15.5 Å². The second-order valence-corrected chi connectivity index (χ2v) is 5.75. The molecule has 0 spiro atoms. The van der Waals surface area contributed by atoms with Crippen LogP contribution in [0.1, 0.15) is 26.7 Å². The van der Waals surface area contributed by atoms with E-state index >= 15 is 0 Å². The molecule has 0 amide bonds. The Balaban J connectivity index is 3.31. The first kappa shape index (κ1) is 20.3. The number of rotatable bonds is 7. The molecule has 0 aliphatic rings. The summed E-state index contributed by atoms with van der Waals surface area (Å²) in [6.45, 7) is 3.85. The molecule has 24 heavy (non-hydrogen) atoms. The summed E-state index contributed by atoms with van der Waals surface area (Å²) in [5.41, 5.74) is 0.212. The standard InChI is InChI=1S/C15H16F5NO2S/c1-4-5-6-21-7(2)13(15(22)23-3)24-14-11(19)9(17)8(16)10(18)12(14)20/h21H,4-6H2,1-3H3/b13-7+.